The van der Waals surface area contributed by atoms with Crippen LogP contribution in [0, 0.1) is 12.8 Å². The Labute approximate surface area is 176 Å². The molecule has 1 amide bonds. The Balaban J connectivity index is 1.62. The third-order valence-electron chi connectivity index (χ3n) is 5.55. The topological polar surface area (TPSA) is 41.6 Å². The summed E-state index contributed by atoms with van der Waals surface area (Å²) in [5, 5.41) is 2.74. The van der Waals surface area contributed by atoms with Gasteiger partial charge in [0, 0.05) is 11.6 Å². The van der Waals surface area contributed by atoms with Crippen LogP contribution in [0.1, 0.15) is 48.0 Å². The summed E-state index contributed by atoms with van der Waals surface area (Å²) in [7, 11) is 0. The Morgan fingerprint density at radius 1 is 1.26 bits per heavy atom. The molecule has 1 aromatic rings. The van der Waals surface area contributed by atoms with Gasteiger partial charge in [-0.15, -0.1) is 0 Å². The number of carbonyl (C=O) groups excluding carboxylic acids is 1. The molecule has 2 aliphatic heterocycles. The first-order chi connectivity index (χ1) is 12.8. The number of nitrogens with zero attached hydrogens (tertiary/aromatic N) is 1. The number of piperidine rings is 2. The molecule has 2 fully saturated rings. The number of nitrogens with one attached hydrogen (secondary N) is 1. The largest absolute Gasteiger partial charge is 0.354 e. The van der Waals surface area contributed by atoms with Gasteiger partial charge in [0.15, 0.2) is 6.23 Å². The van der Waals surface area contributed by atoms with Crippen LogP contribution in [0.4, 0.5) is 0 Å². The number of hydrogen-bond donors (Lipinski definition) is 1. The molecule has 1 aromatic carbocycles. The maximum Gasteiger partial charge on any atom is 0.253 e. The number of aryl methyl sites for hydroxylation is 1. The summed E-state index contributed by atoms with van der Waals surface area (Å²) in [5.41, 5.74) is 1.52. The Kier molecular flexibility index (Phi) is 7.32. The Bertz CT molecular complexity index is 648. The van der Waals surface area contributed by atoms with E-state index in [2.05, 4.69) is 10.2 Å². The van der Waals surface area contributed by atoms with E-state index in [4.69, 9.17) is 39.5 Å². The minimum absolute atomic E-state index is 0.307. The lowest BCUT2D eigenvalue weighted by Crippen LogP contribution is -2.51. The van der Waals surface area contributed by atoms with Crippen LogP contribution in [0.2, 0.25) is 0 Å². The van der Waals surface area contributed by atoms with Gasteiger partial charge in [-0.3, -0.25) is 4.79 Å². The van der Waals surface area contributed by atoms with E-state index in [0.29, 0.717) is 24.1 Å². The van der Waals surface area contributed by atoms with Crippen molar-refractivity contribution in [1.82, 2.24) is 10.2 Å². The van der Waals surface area contributed by atoms with Gasteiger partial charge in [-0.2, -0.15) is 0 Å². The molecule has 1 unspecified atom stereocenters. The number of alkyl halides is 3. The highest BCUT2D eigenvalue weighted by atomic mass is 35.6. The SMILES string of the molecule is Cc1cccc(C(=O)NC(OC[C@@H]2CCCN3CCCC[C@H]23)C(Cl)(Cl)Cl)c1. The summed E-state index contributed by atoms with van der Waals surface area (Å²) in [6, 6.07) is 7.83. The Morgan fingerprint density at radius 2 is 2.04 bits per heavy atom. The van der Waals surface area contributed by atoms with Crippen molar-refractivity contribution >= 4 is 40.7 Å². The highest BCUT2D eigenvalue weighted by molar-refractivity contribution is 6.68. The van der Waals surface area contributed by atoms with Crippen molar-refractivity contribution in [3.05, 3.63) is 35.4 Å². The minimum atomic E-state index is -1.74. The van der Waals surface area contributed by atoms with Gasteiger partial charge in [-0.05, 0) is 63.7 Å². The normalized spacial score (nSPS) is 24.9. The zero-order valence-corrected chi connectivity index (χ0v) is 17.9. The summed E-state index contributed by atoms with van der Waals surface area (Å²) in [5.74, 6) is 0.0998. The van der Waals surface area contributed by atoms with E-state index in [1.165, 1.54) is 38.8 Å². The molecule has 150 valence electrons. The summed E-state index contributed by atoms with van der Waals surface area (Å²) < 4.78 is 4.23. The number of hydrogen-bond acceptors (Lipinski definition) is 3. The van der Waals surface area contributed by atoms with Gasteiger partial charge in [0.1, 0.15) is 0 Å². The van der Waals surface area contributed by atoms with Crippen LogP contribution in [-0.4, -0.2) is 46.6 Å². The first kappa shape index (κ1) is 21.2. The highest BCUT2D eigenvalue weighted by Gasteiger charge is 2.38. The molecule has 3 atom stereocenters. The van der Waals surface area contributed by atoms with Crippen LogP contribution in [0.3, 0.4) is 0 Å². The van der Waals surface area contributed by atoms with Gasteiger partial charge >= 0.3 is 0 Å². The molecule has 0 aromatic heterocycles. The van der Waals surface area contributed by atoms with Gasteiger partial charge in [0.05, 0.1) is 6.61 Å². The molecule has 0 bridgehead atoms. The maximum absolute atomic E-state index is 12.6. The van der Waals surface area contributed by atoms with Gasteiger partial charge in [0.2, 0.25) is 3.79 Å². The van der Waals surface area contributed by atoms with Crippen LogP contribution < -0.4 is 5.32 Å². The van der Waals surface area contributed by atoms with E-state index >= 15 is 0 Å². The first-order valence-electron chi connectivity index (χ1n) is 9.64. The van der Waals surface area contributed by atoms with Crippen molar-refractivity contribution in [2.24, 2.45) is 5.92 Å². The number of ether oxygens (including phenoxy) is 1. The number of carbonyl (C=O) groups is 1. The molecule has 1 N–H and O–H groups in total. The van der Waals surface area contributed by atoms with Crippen molar-refractivity contribution in [2.45, 2.75) is 55.1 Å². The van der Waals surface area contributed by atoms with Gasteiger partial charge in [0.25, 0.3) is 5.91 Å². The molecule has 2 saturated heterocycles. The van der Waals surface area contributed by atoms with Crippen LogP contribution in [-0.2, 0) is 4.74 Å². The van der Waals surface area contributed by atoms with Crippen molar-refractivity contribution in [3.8, 4) is 0 Å². The van der Waals surface area contributed by atoms with Crippen molar-refractivity contribution in [2.75, 3.05) is 19.7 Å². The summed E-state index contributed by atoms with van der Waals surface area (Å²) in [4.78, 5) is 15.1. The molecule has 0 spiro atoms. The second-order valence-corrected chi connectivity index (χ2v) is 9.97. The molecule has 2 aliphatic rings. The number of halogens is 3. The van der Waals surface area contributed by atoms with Crippen molar-refractivity contribution < 1.29 is 9.53 Å². The molecule has 0 saturated carbocycles. The molecular weight excluding hydrogens is 407 g/mol. The van der Waals surface area contributed by atoms with E-state index in [1.54, 1.807) is 12.1 Å². The van der Waals surface area contributed by atoms with E-state index in [1.807, 2.05) is 19.1 Å². The van der Waals surface area contributed by atoms with Crippen LogP contribution in [0.5, 0.6) is 0 Å². The highest BCUT2D eigenvalue weighted by Crippen LogP contribution is 2.34. The van der Waals surface area contributed by atoms with E-state index in [0.717, 1.165) is 12.0 Å². The van der Waals surface area contributed by atoms with Gasteiger partial charge in [-0.1, -0.05) is 58.9 Å². The minimum Gasteiger partial charge on any atom is -0.354 e. The summed E-state index contributed by atoms with van der Waals surface area (Å²) in [6.07, 6.45) is 5.01. The number of amides is 1. The van der Waals surface area contributed by atoms with Crippen LogP contribution >= 0.6 is 34.8 Å². The molecule has 0 radical (unpaired) electrons. The molecule has 27 heavy (non-hydrogen) atoms. The number of benzene rings is 1. The standard InChI is InChI=1S/C20H27Cl3N2O2/c1-14-6-4-7-15(12-14)18(26)24-19(20(21,22)23)27-13-16-8-5-11-25-10-3-2-9-17(16)25/h4,6-7,12,16-17,19H,2-3,5,8-11,13H2,1H3,(H,24,26)/t16-,17+,19?/m0/s1. The number of fused-ring (bicyclic) bond motifs is 1. The van der Waals surface area contributed by atoms with Crippen LogP contribution in [0.25, 0.3) is 0 Å². The monoisotopic (exact) mass is 432 g/mol. The molecule has 0 aliphatic carbocycles. The van der Waals surface area contributed by atoms with Gasteiger partial charge in [-0.25, -0.2) is 0 Å². The van der Waals surface area contributed by atoms with E-state index in [-0.39, 0.29) is 5.91 Å². The smallest absolute Gasteiger partial charge is 0.253 e. The van der Waals surface area contributed by atoms with Crippen molar-refractivity contribution in [3.63, 3.8) is 0 Å². The predicted molar refractivity (Wildman–Crippen MR) is 111 cm³/mol. The fourth-order valence-electron chi connectivity index (χ4n) is 4.20. The van der Waals surface area contributed by atoms with Crippen LogP contribution in [0.15, 0.2) is 24.3 Å². The summed E-state index contributed by atoms with van der Waals surface area (Å²) >= 11 is 18.3. The lowest BCUT2D eigenvalue weighted by molar-refractivity contribution is -0.0325. The molecule has 2 heterocycles. The summed E-state index contributed by atoms with van der Waals surface area (Å²) in [6.45, 7) is 4.74. The van der Waals surface area contributed by atoms with Crippen molar-refractivity contribution in [1.29, 1.82) is 0 Å². The van der Waals surface area contributed by atoms with E-state index in [9.17, 15) is 4.79 Å². The Morgan fingerprint density at radius 3 is 2.78 bits per heavy atom. The zero-order valence-electron chi connectivity index (χ0n) is 15.6. The molecule has 3 rings (SSSR count). The quantitative estimate of drug-likeness (QED) is 0.540. The lowest BCUT2D eigenvalue weighted by Gasteiger charge is -2.44. The first-order valence-corrected chi connectivity index (χ1v) is 10.8. The fraction of sp³-hybridized carbons (Fsp3) is 0.650. The lowest BCUT2D eigenvalue weighted by atomic mass is 9.84. The fourth-order valence-corrected chi connectivity index (χ4v) is 4.55. The Hall–Kier alpha value is -0.520. The van der Waals surface area contributed by atoms with E-state index < -0.39 is 10.0 Å². The van der Waals surface area contributed by atoms with Gasteiger partial charge < -0.3 is 15.0 Å². The molecular formula is C20H27Cl3N2O2. The number of rotatable bonds is 5. The second-order valence-electron chi connectivity index (χ2n) is 7.60. The maximum atomic E-state index is 12.6. The molecule has 4 nitrogen and oxygen atoms in total. The molecule has 7 heteroatoms. The third kappa shape index (κ3) is 5.74. The third-order valence-corrected chi connectivity index (χ3v) is 6.14. The second kappa shape index (κ2) is 9.32. The average molecular weight is 434 g/mol. The average Bonchev–Trinajstić information content (AvgIpc) is 2.64. The zero-order chi connectivity index (χ0) is 19.4. The predicted octanol–water partition coefficient (Wildman–Crippen LogP) is 4.70.